The smallest absolute Gasteiger partial charge is 0.304 e. The molecule has 0 bridgehead atoms. The maximum absolute atomic E-state index is 10.5. The Morgan fingerprint density at radius 2 is 1.64 bits per heavy atom. The summed E-state index contributed by atoms with van der Waals surface area (Å²) in [4.78, 5) is 12.4. The second kappa shape index (κ2) is 7.73. The van der Waals surface area contributed by atoms with E-state index in [1.807, 2.05) is 66.5 Å². The van der Waals surface area contributed by atoms with E-state index >= 15 is 0 Å². The van der Waals surface area contributed by atoms with Crippen LogP contribution in [0.5, 0.6) is 0 Å². The normalized spacial score (nSPS) is 12.3. The predicted octanol–water partition coefficient (Wildman–Crippen LogP) is 2.79. The lowest BCUT2D eigenvalue weighted by Crippen LogP contribution is -2.27. The van der Waals surface area contributed by atoms with E-state index < -0.39 is 12.1 Å². The Kier molecular flexibility index (Phi) is 5.69. The molecule has 2 rings (SSSR count). The lowest BCUT2D eigenvalue weighted by Gasteiger charge is -2.20. The second-order valence-electron chi connectivity index (χ2n) is 5.41. The van der Waals surface area contributed by atoms with Crippen LogP contribution < -0.4 is 0 Å². The van der Waals surface area contributed by atoms with Crippen LogP contribution in [0.3, 0.4) is 0 Å². The van der Waals surface area contributed by atoms with E-state index in [1.54, 1.807) is 0 Å². The van der Waals surface area contributed by atoms with Gasteiger partial charge in [-0.1, -0.05) is 54.6 Å². The molecule has 2 aromatic rings. The number of carboxylic acid groups (broad SMARTS) is 1. The SMILES string of the molecule is CN(CCC(=O)O)CC(O)c1ccc(-c2ccccc2)cc1. The third kappa shape index (κ3) is 4.69. The maximum atomic E-state index is 10.5. The highest BCUT2D eigenvalue weighted by atomic mass is 16.4. The quantitative estimate of drug-likeness (QED) is 0.825. The molecule has 0 aliphatic rings. The molecular formula is C18H21NO3. The Balaban J connectivity index is 1.96. The number of nitrogens with zero attached hydrogens (tertiary/aromatic N) is 1. The van der Waals surface area contributed by atoms with Gasteiger partial charge in [0.25, 0.3) is 0 Å². The number of aliphatic hydroxyl groups excluding tert-OH is 1. The van der Waals surface area contributed by atoms with Gasteiger partial charge in [0, 0.05) is 13.1 Å². The zero-order chi connectivity index (χ0) is 15.9. The Labute approximate surface area is 130 Å². The van der Waals surface area contributed by atoms with Crippen LogP contribution in [0.1, 0.15) is 18.1 Å². The zero-order valence-corrected chi connectivity index (χ0v) is 12.6. The fourth-order valence-corrected chi connectivity index (χ4v) is 2.31. The maximum Gasteiger partial charge on any atom is 0.304 e. The number of hydrogen-bond acceptors (Lipinski definition) is 3. The van der Waals surface area contributed by atoms with Gasteiger partial charge < -0.3 is 15.1 Å². The number of aliphatic hydroxyl groups is 1. The van der Waals surface area contributed by atoms with E-state index in [9.17, 15) is 9.90 Å². The summed E-state index contributed by atoms with van der Waals surface area (Å²) in [6.45, 7) is 0.840. The van der Waals surface area contributed by atoms with E-state index in [0.717, 1.165) is 16.7 Å². The average molecular weight is 299 g/mol. The largest absolute Gasteiger partial charge is 0.481 e. The van der Waals surface area contributed by atoms with Gasteiger partial charge in [0.15, 0.2) is 0 Å². The lowest BCUT2D eigenvalue weighted by atomic mass is 10.0. The van der Waals surface area contributed by atoms with E-state index in [2.05, 4.69) is 0 Å². The first-order valence-electron chi connectivity index (χ1n) is 7.30. The van der Waals surface area contributed by atoms with E-state index in [-0.39, 0.29) is 6.42 Å². The minimum atomic E-state index is -0.825. The van der Waals surface area contributed by atoms with Gasteiger partial charge in [-0.05, 0) is 23.7 Å². The summed E-state index contributed by atoms with van der Waals surface area (Å²) in [5.41, 5.74) is 3.08. The van der Waals surface area contributed by atoms with Crippen LogP contribution in [-0.2, 0) is 4.79 Å². The van der Waals surface area contributed by atoms with Gasteiger partial charge in [-0.2, -0.15) is 0 Å². The molecule has 0 heterocycles. The number of rotatable bonds is 7. The average Bonchev–Trinajstić information content (AvgIpc) is 2.54. The molecule has 0 amide bonds. The monoisotopic (exact) mass is 299 g/mol. The van der Waals surface area contributed by atoms with Crippen molar-refractivity contribution in [2.24, 2.45) is 0 Å². The predicted molar refractivity (Wildman–Crippen MR) is 86.6 cm³/mol. The zero-order valence-electron chi connectivity index (χ0n) is 12.6. The molecule has 22 heavy (non-hydrogen) atoms. The molecule has 0 radical (unpaired) electrons. The first kappa shape index (κ1) is 16.2. The molecule has 2 N–H and O–H groups in total. The van der Waals surface area contributed by atoms with Crippen molar-refractivity contribution >= 4 is 5.97 Å². The third-order valence-electron chi connectivity index (χ3n) is 3.59. The summed E-state index contributed by atoms with van der Waals surface area (Å²) >= 11 is 0. The van der Waals surface area contributed by atoms with Crippen LogP contribution in [0.25, 0.3) is 11.1 Å². The van der Waals surface area contributed by atoms with Gasteiger partial charge in [0.2, 0.25) is 0 Å². The number of carbonyl (C=O) groups is 1. The number of likely N-dealkylation sites (N-methyl/N-ethyl adjacent to an activating group) is 1. The molecule has 0 fully saturated rings. The van der Waals surface area contributed by atoms with Crippen LogP contribution in [0.4, 0.5) is 0 Å². The lowest BCUT2D eigenvalue weighted by molar-refractivity contribution is -0.137. The third-order valence-corrected chi connectivity index (χ3v) is 3.59. The Hall–Kier alpha value is -2.17. The molecule has 0 saturated heterocycles. The topological polar surface area (TPSA) is 60.8 Å². The van der Waals surface area contributed by atoms with Crippen LogP contribution in [0.15, 0.2) is 54.6 Å². The van der Waals surface area contributed by atoms with Crippen molar-refractivity contribution in [2.45, 2.75) is 12.5 Å². The van der Waals surface area contributed by atoms with Gasteiger partial charge in [0.05, 0.1) is 12.5 Å². The van der Waals surface area contributed by atoms with Crippen molar-refractivity contribution in [3.05, 3.63) is 60.2 Å². The molecule has 2 aromatic carbocycles. The summed E-state index contributed by atoms with van der Waals surface area (Å²) < 4.78 is 0. The van der Waals surface area contributed by atoms with E-state index in [0.29, 0.717) is 13.1 Å². The van der Waals surface area contributed by atoms with Crippen molar-refractivity contribution in [3.8, 4) is 11.1 Å². The molecule has 1 atom stereocenters. The molecule has 116 valence electrons. The summed E-state index contributed by atoms with van der Waals surface area (Å²) in [6.07, 6.45) is -0.542. The number of hydrogen-bond donors (Lipinski definition) is 2. The van der Waals surface area contributed by atoms with Gasteiger partial charge >= 0.3 is 5.97 Å². The number of benzene rings is 2. The molecule has 0 aliphatic heterocycles. The minimum Gasteiger partial charge on any atom is -0.481 e. The Morgan fingerprint density at radius 1 is 1.05 bits per heavy atom. The molecule has 0 aromatic heterocycles. The summed E-state index contributed by atoms with van der Waals surface area (Å²) in [5.74, 6) is -0.825. The molecule has 0 spiro atoms. The van der Waals surface area contributed by atoms with Gasteiger partial charge in [-0.3, -0.25) is 4.79 Å². The molecule has 4 heteroatoms. The molecule has 1 unspecified atom stereocenters. The van der Waals surface area contributed by atoms with Gasteiger partial charge in [-0.25, -0.2) is 0 Å². The Bertz CT molecular complexity index is 595. The minimum absolute atomic E-state index is 0.0795. The molecule has 4 nitrogen and oxygen atoms in total. The summed E-state index contributed by atoms with van der Waals surface area (Å²) in [6, 6.07) is 17.9. The van der Waals surface area contributed by atoms with E-state index in [1.165, 1.54) is 0 Å². The molecular weight excluding hydrogens is 278 g/mol. The van der Waals surface area contributed by atoms with Crippen molar-refractivity contribution in [1.82, 2.24) is 4.90 Å². The van der Waals surface area contributed by atoms with Crippen molar-refractivity contribution in [3.63, 3.8) is 0 Å². The highest BCUT2D eigenvalue weighted by Crippen LogP contribution is 2.22. The summed E-state index contributed by atoms with van der Waals surface area (Å²) in [7, 11) is 1.81. The van der Waals surface area contributed by atoms with E-state index in [4.69, 9.17) is 5.11 Å². The number of carboxylic acids is 1. The highest BCUT2D eigenvalue weighted by molar-refractivity contribution is 5.66. The first-order chi connectivity index (χ1) is 10.6. The van der Waals surface area contributed by atoms with Crippen LogP contribution in [-0.4, -0.2) is 41.2 Å². The fraction of sp³-hybridized carbons (Fsp3) is 0.278. The molecule has 0 saturated carbocycles. The van der Waals surface area contributed by atoms with Crippen LogP contribution >= 0.6 is 0 Å². The van der Waals surface area contributed by atoms with Crippen molar-refractivity contribution < 1.29 is 15.0 Å². The van der Waals surface area contributed by atoms with Gasteiger partial charge in [-0.15, -0.1) is 0 Å². The first-order valence-corrected chi connectivity index (χ1v) is 7.30. The summed E-state index contributed by atoms with van der Waals surface area (Å²) in [5, 5.41) is 18.9. The fourth-order valence-electron chi connectivity index (χ4n) is 2.31. The van der Waals surface area contributed by atoms with Crippen LogP contribution in [0, 0.1) is 0 Å². The standard InChI is InChI=1S/C18H21NO3/c1-19(12-11-18(21)22)13-17(20)16-9-7-15(8-10-16)14-5-3-2-4-6-14/h2-10,17,20H,11-13H2,1H3,(H,21,22). The number of aliphatic carboxylic acids is 1. The van der Waals surface area contributed by atoms with Crippen LogP contribution in [0.2, 0.25) is 0 Å². The van der Waals surface area contributed by atoms with Crippen molar-refractivity contribution in [2.75, 3.05) is 20.1 Å². The van der Waals surface area contributed by atoms with Gasteiger partial charge in [0.1, 0.15) is 0 Å². The van der Waals surface area contributed by atoms with Crippen molar-refractivity contribution in [1.29, 1.82) is 0 Å². The molecule has 0 aliphatic carbocycles. The Morgan fingerprint density at radius 3 is 2.23 bits per heavy atom. The second-order valence-corrected chi connectivity index (χ2v) is 5.41. The highest BCUT2D eigenvalue weighted by Gasteiger charge is 2.11.